The van der Waals surface area contributed by atoms with Gasteiger partial charge in [-0.05, 0) is 100 Å². The molecule has 0 heterocycles. The van der Waals surface area contributed by atoms with Crippen LogP contribution in [0.4, 0.5) is 0 Å². The minimum Gasteiger partial charge on any atom is -0.0622 e. The van der Waals surface area contributed by atoms with Gasteiger partial charge in [0.15, 0.2) is 0 Å². The third kappa shape index (κ3) is 6.08. The molecule has 2 atom stereocenters. The first-order chi connectivity index (χ1) is 29.8. The standard InChI is InChI=1S/C60H42/c1-7-21-41(22-8-1)49-33-19-35-51-53(55(43-25-11-3-12-26-43)57(59(49)51)45-29-15-5-16-30-45)47-37-39-48(40-38-47)54-52-36-20-34-50(42-23-9-2-10-24-42)60(52)58(46-31-17-6-18-32-46)56(54)44-27-13-4-14-28-44/h1-40,53-54H. The number of rotatable bonds is 8. The first-order valence-corrected chi connectivity index (χ1v) is 21.0. The zero-order valence-corrected chi connectivity index (χ0v) is 33.2. The van der Waals surface area contributed by atoms with Crippen molar-refractivity contribution in [1.29, 1.82) is 0 Å². The van der Waals surface area contributed by atoms with E-state index in [4.69, 9.17) is 0 Å². The maximum atomic E-state index is 2.42. The largest absolute Gasteiger partial charge is 0.0622 e. The average Bonchev–Trinajstić information content (AvgIpc) is 3.88. The molecule has 0 bridgehead atoms. The lowest BCUT2D eigenvalue weighted by atomic mass is 9.81. The van der Waals surface area contributed by atoms with E-state index in [1.165, 1.54) is 100 Å². The van der Waals surface area contributed by atoms with Crippen LogP contribution in [0.5, 0.6) is 0 Å². The summed E-state index contributed by atoms with van der Waals surface area (Å²) in [7, 11) is 0. The van der Waals surface area contributed by atoms with Crippen LogP contribution in [0.2, 0.25) is 0 Å². The Bertz CT molecular complexity index is 2800. The Morgan fingerprint density at radius 1 is 0.217 bits per heavy atom. The van der Waals surface area contributed by atoms with Gasteiger partial charge in [-0.15, -0.1) is 0 Å². The van der Waals surface area contributed by atoms with Crippen molar-refractivity contribution in [2.24, 2.45) is 0 Å². The van der Waals surface area contributed by atoms with Crippen molar-refractivity contribution in [3.05, 3.63) is 298 Å². The monoisotopic (exact) mass is 762 g/mol. The number of benzene rings is 9. The van der Waals surface area contributed by atoms with E-state index < -0.39 is 0 Å². The normalized spacial score (nSPS) is 15.5. The Morgan fingerprint density at radius 3 is 0.817 bits per heavy atom. The lowest BCUT2D eigenvalue weighted by Gasteiger charge is -2.22. The van der Waals surface area contributed by atoms with E-state index in [0.717, 1.165) is 0 Å². The fourth-order valence-corrected chi connectivity index (χ4v) is 10.0. The molecular formula is C60H42. The van der Waals surface area contributed by atoms with Gasteiger partial charge in [0.1, 0.15) is 0 Å². The number of allylic oxidation sites excluding steroid dienone is 2. The lowest BCUT2D eigenvalue weighted by Crippen LogP contribution is -2.05. The predicted molar refractivity (Wildman–Crippen MR) is 251 cm³/mol. The average molecular weight is 763 g/mol. The Balaban J connectivity index is 1.13. The molecule has 9 aromatic carbocycles. The summed E-state index contributed by atoms with van der Waals surface area (Å²) in [5.74, 6) is 0.0831. The third-order valence-electron chi connectivity index (χ3n) is 12.5. The van der Waals surface area contributed by atoms with Crippen molar-refractivity contribution < 1.29 is 0 Å². The minimum absolute atomic E-state index is 0.0416. The highest BCUT2D eigenvalue weighted by molar-refractivity contribution is 6.11. The van der Waals surface area contributed by atoms with Gasteiger partial charge in [0.05, 0.1) is 0 Å². The van der Waals surface area contributed by atoms with E-state index in [0.29, 0.717) is 0 Å². The molecule has 0 aromatic heterocycles. The molecule has 0 amide bonds. The molecule has 0 spiro atoms. The fourth-order valence-electron chi connectivity index (χ4n) is 10.0. The van der Waals surface area contributed by atoms with Gasteiger partial charge in [-0.25, -0.2) is 0 Å². The molecule has 2 aliphatic carbocycles. The van der Waals surface area contributed by atoms with Crippen molar-refractivity contribution in [3.8, 4) is 22.3 Å². The maximum absolute atomic E-state index is 2.42. The summed E-state index contributed by atoms with van der Waals surface area (Å²) in [6.07, 6.45) is 0. The van der Waals surface area contributed by atoms with Gasteiger partial charge in [-0.2, -0.15) is 0 Å². The molecule has 9 aromatic rings. The summed E-state index contributed by atoms with van der Waals surface area (Å²) in [6, 6.07) is 89.4. The Kier molecular flexibility index (Phi) is 9.10. The summed E-state index contributed by atoms with van der Waals surface area (Å²) in [5.41, 5.74) is 23.2. The highest BCUT2D eigenvalue weighted by atomic mass is 14.4. The molecule has 11 rings (SSSR count). The van der Waals surface area contributed by atoms with Crippen LogP contribution in [0, 0.1) is 0 Å². The molecule has 0 fully saturated rings. The van der Waals surface area contributed by atoms with Crippen LogP contribution in [-0.2, 0) is 0 Å². The van der Waals surface area contributed by atoms with E-state index in [1.807, 2.05) is 0 Å². The Morgan fingerprint density at radius 2 is 0.500 bits per heavy atom. The van der Waals surface area contributed by atoms with E-state index in [2.05, 4.69) is 243 Å². The minimum atomic E-state index is 0.0416. The molecule has 0 heteroatoms. The molecule has 0 nitrogen and oxygen atoms in total. The van der Waals surface area contributed by atoms with Crippen LogP contribution >= 0.6 is 0 Å². The molecule has 282 valence electrons. The predicted octanol–water partition coefficient (Wildman–Crippen LogP) is 15.2. The van der Waals surface area contributed by atoms with Crippen molar-refractivity contribution >= 4 is 22.3 Å². The molecule has 0 radical (unpaired) electrons. The van der Waals surface area contributed by atoms with Crippen LogP contribution in [0.15, 0.2) is 243 Å². The summed E-state index contributed by atoms with van der Waals surface area (Å²) in [6.45, 7) is 0. The van der Waals surface area contributed by atoms with Gasteiger partial charge in [0.2, 0.25) is 0 Å². The Labute approximate surface area is 353 Å². The zero-order chi connectivity index (χ0) is 39.8. The summed E-state index contributed by atoms with van der Waals surface area (Å²) < 4.78 is 0. The quantitative estimate of drug-likeness (QED) is 0.145. The molecule has 60 heavy (non-hydrogen) atoms. The first kappa shape index (κ1) is 35.6. The molecule has 0 aliphatic heterocycles. The maximum Gasteiger partial charge on any atom is 0.0358 e. The van der Waals surface area contributed by atoms with Crippen LogP contribution < -0.4 is 0 Å². The van der Waals surface area contributed by atoms with E-state index >= 15 is 0 Å². The summed E-state index contributed by atoms with van der Waals surface area (Å²) >= 11 is 0. The topological polar surface area (TPSA) is 0 Å². The summed E-state index contributed by atoms with van der Waals surface area (Å²) in [4.78, 5) is 0. The number of hydrogen-bond acceptors (Lipinski definition) is 0. The second-order valence-corrected chi connectivity index (χ2v) is 15.8. The number of hydrogen-bond donors (Lipinski definition) is 0. The smallest absolute Gasteiger partial charge is 0.0358 e. The molecule has 0 saturated carbocycles. The van der Waals surface area contributed by atoms with Gasteiger partial charge in [-0.1, -0.05) is 243 Å². The number of fused-ring (bicyclic) bond motifs is 2. The molecule has 0 saturated heterocycles. The van der Waals surface area contributed by atoms with Gasteiger partial charge >= 0.3 is 0 Å². The SMILES string of the molecule is c1ccc(C2=C(c3ccccc3)C(c3ccc(C4C(c5ccccc5)=C(c5ccccc5)c5c(-c6ccccc6)cccc54)cc3)c3cccc(-c4ccccc4)c32)cc1. The lowest BCUT2D eigenvalue weighted by molar-refractivity contribution is 1.03. The van der Waals surface area contributed by atoms with Crippen LogP contribution in [-0.4, -0.2) is 0 Å². The zero-order valence-electron chi connectivity index (χ0n) is 33.2. The summed E-state index contributed by atoms with van der Waals surface area (Å²) in [5, 5.41) is 0. The molecule has 2 unspecified atom stereocenters. The van der Waals surface area contributed by atoms with Crippen LogP contribution in [0.1, 0.15) is 67.5 Å². The van der Waals surface area contributed by atoms with Gasteiger partial charge < -0.3 is 0 Å². The highest BCUT2D eigenvalue weighted by Gasteiger charge is 2.38. The van der Waals surface area contributed by atoms with Gasteiger partial charge in [0, 0.05) is 11.8 Å². The van der Waals surface area contributed by atoms with Crippen molar-refractivity contribution in [3.63, 3.8) is 0 Å². The second kappa shape index (κ2) is 15.3. The van der Waals surface area contributed by atoms with E-state index in [1.54, 1.807) is 0 Å². The second-order valence-electron chi connectivity index (χ2n) is 15.8. The van der Waals surface area contributed by atoms with E-state index in [9.17, 15) is 0 Å². The highest BCUT2D eigenvalue weighted by Crippen LogP contribution is 2.57. The van der Waals surface area contributed by atoms with Crippen LogP contribution in [0.3, 0.4) is 0 Å². The van der Waals surface area contributed by atoms with E-state index in [-0.39, 0.29) is 11.8 Å². The third-order valence-corrected chi connectivity index (χ3v) is 12.5. The van der Waals surface area contributed by atoms with Gasteiger partial charge in [0.25, 0.3) is 0 Å². The van der Waals surface area contributed by atoms with Crippen molar-refractivity contribution in [1.82, 2.24) is 0 Å². The molecular weight excluding hydrogens is 721 g/mol. The van der Waals surface area contributed by atoms with Crippen LogP contribution in [0.25, 0.3) is 44.5 Å². The Hall–Kier alpha value is -7.54. The van der Waals surface area contributed by atoms with Gasteiger partial charge in [-0.3, -0.25) is 0 Å². The first-order valence-electron chi connectivity index (χ1n) is 21.0. The molecule has 0 N–H and O–H groups in total. The van der Waals surface area contributed by atoms with Crippen molar-refractivity contribution in [2.75, 3.05) is 0 Å². The van der Waals surface area contributed by atoms with Crippen molar-refractivity contribution in [2.45, 2.75) is 11.8 Å². The molecule has 2 aliphatic rings. The fraction of sp³-hybridized carbons (Fsp3) is 0.0333.